The minimum Gasteiger partial charge on any atom is -0.465 e. The van der Waals surface area contributed by atoms with E-state index in [1.54, 1.807) is 24.8 Å². The summed E-state index contributed by atoms with van der Waals surface area (Å²) in [7, 11) is 1.39. The zero-order valence-corrected chi connectivity index (χ0v) is 30.1. The van der Waals surface area contributed by atoms with E-state index in [1.165, 1.54) is 40.9 Å². The Balaban J connectivity index is 0.000000164. The molecular formula is C43H31N5O3S2. The van der Waals surface area contributed by atoms with Crippen molar-refractivity contribution < 1.29 is 14.3 Å². The van der Waals surface area contributed by atoms with Crippen LogP contribution in [0.4, 0.5) is 22.7 Å². The maximum absolute atomic E-state index is 12.0. The molecule has 0 aliphatic rings. The van der Waals surface area contributed by atoms with Crippen LogP contribution in [0.3, 0.4) is 0 Å². The molecule has 0 saturated carbocycles. The van der Waals surface area contributed by atoms with Gasteiger partial charge in [0.2, 0.25) is 0 Å². The number of carbonyl (C=O) groups excluding carboxylic acids is 2. The van der Waals surface area contributed by atoms with Crippen LogP contribution in [0, 0.1) is 11.3 Å². The van der Waals surface area contributed by atoms with E-state index >= 15 is 0 Å². The molecule has 8 nitrogen and oxygen atoms in total. The van der Waals surface area contributed by atoms with Crippen molar-refractivity contribution in [3.8, 4) is 28.3 Å². The smallest absolute Gasteiger partial charge is 0.348 e. The number of hydrogen-bond acceptors (Lipinski definition) is 10. The van der Waals surface area contributed by atoms with Crippen molar-refractivity contribution in [3.63, 3.8) is 0 Å². The van der Waals surface area contributed by atoms with E-state index in [1.807, 2.05) is 78.9 Å². The molecule has 4 aromatic carbocycles. The van der Waals surface area contributed by atoms with Crippen LogP contribution in [0.2, 0.25) is 0 Å². The third-order valence-electron chi connectivity index (χ3n) is 8.34. The van der Waals surface area contributed by atoms with Gasteiger partial charge in [0.05, 0.1) is 57.6 Å². The number of nitriles is 1. The highest BCUT2D eigenvalue weighted by Crippen LogP contribution is 2.34. The average molecular weight is 730 g/mol. The molecule has 0 bridgehead atoms. The van der Waals surface area contributed by atoms with Crippen molar-refractivity contribution in [2.24, 2.45) is 0 Å². The fourth-order valence-corrected chi connectivity index (χ4v) is 7.65. The van der Waals surface area contributed by atoms with Gasteiger partial charge in [-0.25, -0.2) is 4.79 Å². The molecule has 0 aliphatic heterocycles. The van der Waals surface area contributed by atoms with Gasteiger partial charge in [0, 0.05) is 34.5 Å². The predicted octanol–water partition coefficient (Wildman–Crippen LogP) is 11.3. The van der Waals surface area contributed by atoms with Crippen LogP contribution in [0.5, 0.6) is 0 Å². The molecule has 4 aromatic heterocycles. The summed E-state index contributed by atoms with van der Waals surface area (Å²) >= 11 is 2.74. The lowest BCUT2D eigenvalue weighted by Crippen LogP contribution is -1.96. The summed E-state index contributed by atoms with van der Waals surface area (Å²) in [5.74, 6) is -0.485. The number of nitrogens with one attached hydrogen (secondary N) is 2. The van der Waals surface area contributed by atoms with E-state index in [0.717, 1.165) is 54.0 Å². The molecule has 0 atom stereocenters. The Bertz CT molecular complexity index is 2560. The first-order valence-electron chi connectivity index (χ1n) is 16.6. The zero-order valence-electron chi connectivity index (χ0n) is 28.4. The molecule has 0 fully saturated rings. The summed E-state index contributed by atoms with van der Waals surface area (Å²) in [6.45, 7) is 0. The summed E-state index contributed by atoms with van der Waals surface area (Å²) in [6, 6.07) is 42.5. The van der Waals surface area contributed by atoms with Gasteiger partial charge in [0.1, 0.15) is 4.88 Å². The highest BCUT2D eigenvalue weighted by atomic mass is 32.1. The number of thiophene rings is 2. The minimum atomic E-state index is -0.329. The summed E-state index contributed by atoms with van der Waals surface area (Å²) < 4.78 is 6.67. The minimum absolute atomic E-state index is 0.107. The molecular weight excluding hydrogens is 699 g/mol. The van der Waals surface area contributed by atoms with Crippen molar-refractivity contribution in [1.82, 2.24) is 9.97 Å². The number of rotatable bonds is 9. The van der Waals surface area contributed by atoms with Gasteiger partial charge < -0.3 is 15.4 Å². The molecule has 0 aliphatic carbocycles. The third-order valence-corrected chi connectivity index (χ3v) is 10.5. The Morgan fingerprint density at radius 2 is 1.06 bits per heavy atom. The normalized spacial score (nSPS) is 10.6. The van der Waals surface area contributed by atoms with Gasteiger partial charge in [-0.15, -0.1) is 22.7 Å². The molecule has 10 heteroatoms. The first-order valence-corrected chi connectivity index (χ1v) is 18.2. The summed E-state index contributed by atoms with van der Waals surface area (Å²) in [5, 5.41) is 17.4. The summed E-state index contributed by atoms with van der Waals surface area (Å²) in [6.07, 6.45) is 6.91. The number of anilines is 4. The van der Waals surface area contributed by atoms with Gasteiger partial charge in [0.25, 0.3) is 0 Å². The van der Waals surface area contributed by atoms with Gasteiger partial charge >= 0.3 is 5.97 Å². The molecule has 8 aromatic rings. The molecule has 8 rings (SSSR count). The SMILES string of the molecule is COC(=O)c1cc2c(Nc3ccc(-c4ccccc4)cc3)cncc2s1.N#CCC(=O)c1cc2c(Nc3ccc(-c4ccccc4)cc3)cncc2s1. The maximum atomic E-state index is 12.0. The molecule has 2 N–H and O–H groups in total. The fraction of sp³-hybridized carbons (Fsp3) is 0.0465. The van der Waals surface area contributed by atoms with Crippen molar-refractivity contribution in [2.45, 2.75) is 6.42 Å². The van der Waals surface area contributed by atoms with E-state index in [-0.39, 0.29) is 18.2 Å². The molecule has 0 radical (unpaired) electrons. The second-order valence-electron chi connectivity index (χ2n) is 11.8. The number of esters is 1. The van der Waals surface area contributed by atoms with Crippen LogP contribution in [-0.4, -0.2) is 28.8 Å². The van der Waals surface area contributed by atoms with Crippen molar-refractivity contribution >= 4 is 77.3 Å². The van der Waals surface area contributed by atoms with Crippen LogP contribution in [0.25, 0.3) is 42.4 Å². The number of methoxy groups -OCH3 is 1. The topological polar surface area (TPSA) is 117 Å². The Kier molecular flexibility index (Phi) is 10.6. The molecule has 0 saturated heterocycles. The monoisotopic (exact) mass is 729 g/mol. The first kappa shape index (κ1) is 34.8. The highest BCUT2D eigenvalue weighted by Gasteiger charge is 2.14. The van der Waals surface area contributed by atoms with Crippen molar-refractivity contribution in [1.29, 1.82) is 5.26 Å². The van der Waals surface area contributed by atoms with E-state index < -0.39 is 0 Å². The van der Waals surface area contributed by atoms with Gasteiger partial charge in [-0.2, -0.15) is 5.26 Å². The third kappa shape index (κ3) is 8.13. The largest absolute Gasteiger partial charge is 0.465 e. The van der Waals surface area contributed by atoms with Gasteiger partial charge in [0.15, 0.2) is 5.78 Å². The lowest BCUT2D eigenvalue weighted by atomic mass is 10.1. The Morgan fingerprint density at radius 1 is 0.623 bits per heavy atom. The number of benzene rings is 4. The van der Waals surface area contributed by atoms with E-state index in [0.29, 0.717) is 9.75 Å². The molecule has 4 heterocycles. The van der Waals surface area contributed by atoms with Gasteiger partial charge in [-0.05, 0) is 58.7 Å². The second-order valence-corrected chi connectivity index (χ2v) is 14.0. The number of carbonyl (C=O) groups is 2. The first-order chi connectivity index (χ1) is 26.0. The molecule has 53 heavy (non-hydrogen) atoms. The molecule has 0 unspecified atom stereocenters. The number of Topliss-reactive ketones (excluding diaryl/α,β-unsaturated/α-hetero) is 1. The standard InChI is InChI=1S/C22H15N3OS.C21H16N2O2S/c23-11-10-20(26)21-12-18-19(13-24-14-22(18)27-21)25-17-8-6-16(7-9-17)15-4-2-1-3-5-15;1-25-21(24)19-11-17-18(12-22-13-20(17)26-19)23-16-9-7-15(8-10-16)14-5-3-2-4-6-14/h1-9,12-14,25H,10H2;2-13,23H,1H3. The Hall–Kier alpha value is -6.67. The molecule has 0 spiro atoms. The van der Waals surface area contributed by atoms with Crippen LogP contribution >= 0.6 is 22.7 Å². The fourth-order valence-electron chi connectivity index (χ4n) is 5.68. The zero-order chi connectivity index (χ0) is 36.6. The van der Waals surface area contributed by atoms with Crippen LogP contribution in [0.15, 0.2) is 146 Å². The van der Waals surface area contributed by atoms with E-state index in [9.17, 15) is 9.59 Å². The van der Waals surface area contributed by atoms with Crippen LogP contribution in [0.1, 0.15) is 25.8 Å². The lowest BCUT2D eigenvalue weighted by Gasteiger charge is -2.08. The van der Waals surface area contributed by atoms with Gasteiger partial charge in [-0.3, -0.25) is 14.8 Å². The van der Waals surface area contributed by atoms with Crippen LogP contribution < -0.4 is 10.6 Å². The maximum Gasteiger partial charge on any atom is 0.348 e. The van der Waals surface area contributed by atoms with E-state index in [4.69, 9.17) is 10.00 Å². The molecule has 0 amide bonds. The number of hydrogen-bond donors (Lipinski definition) is 2. The summed E-state index contributed by atoms with van der Waals surface area (Å²) in [5.41, 5.74) is 8.28. The average Bonchev–Trinajstić information content (AvgIpc) is 3.86. The highest BCUT2D eigenvalue weighted by molar-refractivity contribution is 7.21. The lowest BCUT2D eigenvalue weighted by molar-refractivity contribution is 0.0606. The second kappa shape index (κ2) is 16.1. The number of aromatic nitrogens is 2. The van der Waals surface area contributed by atoms with Gasteiger partial charge in [-0.1, -0.05) is 84.9 Å². The van der Waals surface area contributed by atoms with Crippen molar-refractivity contribution in [2.75, 3.05) is 17.7 Å². The number of fused-ring (bicyclic) bond motifs is 2. The number of ether oxygens (including phenoxy) is 1. The molecule has 258 valence electrons. The number of pyridine rings is 2. The summed E-state index contributed by atoms with van der Waals surface area (Å²) in [4.78, 5) is 33.5. The predicted molar refractivity (Wildman–Crippen MR) is 215 cm³/mol. The Labute approximate surface area is 314 Å². The number of nitrogens with zero attached hydrogens (tertiary/aromatic N) is 3. The Morgan fingerprint density at radius 3 is 1.51 bits per heavy atom. The quantitative estimate of drug-likeness (QED) is 0.111. The van der Waals surface area contributed by atoms with Crippen molar-refractivity contribution in [3.05, 3.63) is 156 Å². The van der Waals surface area contributed by atoms with E-state index in [2.05, 4.69) is 69.1 Å². The number of ketones is 1. The van der Waals surface area contributed by atoms with Crippen LogP contribution in [-0.2, 0) is 4.74 Å².